The third-order valence-electron chi connectivity index (χ3n) is 3.70. The van der Waals surface area contributed by atoms with Gasteiger partial charge in [-0.3, -0.25) is 0 Å². The molecule has 1 N–H and O–H groups in total. The van der Waals surface area contributed by atoms with Gasteiger partial charge in [-0.25, -0.2) is 0 Å². The molecule has 0 bridgehead atoms. The van der Waals surface area contributed by atoms with Crippen LogP contribution in [0.15, 0.2) is 0 Å². The predicted octanol–water partition coefficient (Wildman–Crippen LogP) is 2.66. The van der Waals surface area contributed by atoms with Crippen LogP contribution in [0.25, 0.3) is 0 Å². The summed E-state index contributed by atoms with van der Waals surface area (Å²) in [6.45, 7) is 7.34. The Labute approximate surface area is 94.7 Å². The van der Waals surface area contributed by atoms with E-state index in [1.807, 2.05) is 0 Å². The van der Waals surface area contributed by atoms with Crippen molar-refractivity contribution in [3.05, 3.63) is 0 Å². The van der Waals surface area contributed by atoms with Gasteiger partial charge in [0.2, 0.25) is 0 Å². The summed E-state index contributed by atoms with van der Waals surface area (Å²) >= 11 is 0. The minimum absolute atomic E-state index is 0.0243. The standard InChI is InChI=1S/C13H27NO/c1-13(2,3)12(15)9-10-14(4)11-7-5-6-8-11/h11-12,15H,5-10H2,1-4H3. The molecule has 15 heavy (non-hydrogen) atoms. The van der Waals surface area contributed by atoms with Crippen molar-refractivity contribution in [2.75, 3.05) is 13.6 Å². The Kier molecular flexibility index (Phi) is 4.60. The first kappa shape index (κ1) is 13.0. The second kappa shape index (κ2) is 5.31. The highest BCUT2D eigenvalue weighted by atomic mass is 16.3. The van der Waals surface area contributed by atoms with Gasteiger partial charge >= 0.3 is 0 Å². The van der Waals surface area contributed by atoms with Crippen LogP contribution < -0.4 is 0 Å². The zero-order chi connectivity index (χ0) is 11.5. The van der Waals surface area contributed by atoms with E-state index in [-0.39, 0.29) is 11.5 Å². The zero-order valence-corrected chi connectivity index (χ0v) is 10.8. The molecular formula is C13H27NO. The zero-order valence-electron chi connectivity index (χ0n) is 10.8. The lowest BCUT2D eigenvalue weighted by Crippen LogP contribution is -2.35. The van der Waals surface area contributed by atoms with Gasteiger partial charge in [-0.15, -0.1) is 0 Å². The monoisotopic (exact) mass is 213 g/mol. The van der Waals surface area contributed by atoms with Crippen LogP contribution in [-0.4, -0.2) is 35.7 Å². The Morgan fingerprint density at radius 2 is 1.80 bits per heavy atom. The van der Waals surface area contributed by atoms with Gasteiger partial charge in [-0.05, 0) is 31.7 Å². The number of hydrogen-bond acceptors (Lipinski definition) is 2. The van der Waals surface area contributed by atoms with Crippen LogP contribution in [0.1, 0.15) is 52.9 Å². The summed E-state index contributed by atoms with van der Waals surface area (Å²) in [5.41, 5.74) is 0.0243. The fraction of sp³-hybridized carbons (Fsp3) is 1.00. The second-order valence-electron chi connectivity index (χ2n) is 6.09. The Bertz CT molecular complexity index is 179. The third-order valence-corrected chi connectivity index (χ3v) is 3.70. The lowest BCUT2D eigenvalue weighted by molar-refractivity contribution is 0.0443. The average molecular weight is 213 g/mol. The van der Waals surface area contributed by atoms with Crippen LogP contribution >= 0.6 is 0 Å². The summed E-state index contributed by atoms with van der Waals surface area (Å²) in [5, 5.41) is 9.95. The lowest BCUT2D eigenvalue weighted by atomic mass is 9.87. The number of aliphatic hydroxyl groups is 1. The van der Waals surface area contributed by atoms with Gasteiger partial charge in [-0.2, -0.15) is 0 Å². The first-order valence-corrected chi connectivity index (χ1v) is 6.29. The molecule has 1 unspecified atom stereocenters. The van der Waals surface area contributed by atoms with Gasteiger partial charge in [0.05, 0.1) is 6.10 Å². The van der Waals surface area contributed by atoms with Crippen molar-refractivity contribution in [3.63, 3.8) is 0 Å². The fourth-order valence-electron chi connectivity index (χ4n) is 2.29. The first-order chi connectivity index (χ1) is 6.91. The third kappa shape index (κ3) is 4.12. The quantitative estimate of drug-likeness (QED) is 0.776. The Morgan fingerprint density at radius 1 is 1.27 bits per heavy atom. The molecule has 0 spiro atoms. The van der Waals surface area contributed by atoms with E-state index >= 15 is 0 Å². The van der Waals surface area contributed by atoms with Gasteiger partial charge in [0.1, 0.15) is 0 Å². The molecule has 1 aliphatic rings. The molecule has 90 valence electrons. The highest BCUT2D eigenvalue weighted by Crippen LogP contribution is 2.25. The van der Waals surface area contributed by atoms with Crippen LogP contribution in [0.5, 0.6) is 0 Å². The Morgan fingerprint density at radius 3 is 2.27 bits per heavy atom. The number of hydrogen-bond donors (Lipinski definition) is 1. The van der Waals surface area contributed by atoms with E-state index in [2.05, 4.69) is 32.7 Å². The minimum Gasteiger partial charge on any atom is -0.393 e. The summed E-state index contributed by atoms with van der Waals surface area (Å²) in [6, 6.07) is 0.775. The molecule has 1 atom stereocenters. The molecule has 0 heterocycles. The second-order valence-corrected chi connectivity index (χ2v) is 6.09. The molecule has 2 heteroatoms. The van der Waals surface area contributed by atoms with Gasteiger partial charge in [0.15, 0.2) is 0 Å². The van der Waals surface area contributed by atoms with E-state index in [0.717, 1.165) is 19.0 Å². The molecule has 0 radical (unpaired) electrons. The van der Waals surface area contributed by atoms with E-state index in [9.17, 15) is 5.11 Å². The Balaban J connectivity index is 2.24. The predicted molar refractivity (Wildman–Crippen MR) is 65.0 cm³/mol. The topological polar surface area (TPSA) is 23.5 Å². The van der Waals surface area contributed by atoms with E-state index in [0.29, 0.717) is 0 Å². The van der Waals surface area contributed by atoms with Crippen LogP contribution in [-0.2, 0) is 0 Å². The largest absolute Gasteiger partial charge is 0.393 e. The molecule has 0 amide bonds. The molecule has 0 saturated heterocycles. The molecule has 0 aromatic carbocycles. The van der Waals surface area contributed by atoms with Crippen LogP contribution in [0.4, 0.5) is 0 Å². The molecule has 1 aliphatic carbocycles. The van der Waals surface area contributed by atoms with E-state index in [1.165, 1.54) is 25.7 Å². The maximum Gasteiger partial charge on any atom is 0.0600 e. The van der Waals surface area contributed by atoms with Crippen molar-refractivity contribution in [1.29, 1.82) is 0 Å². The van der Waals surface area contributed by atoms with E-state index in [1.54, 1.807) is 0 Å². The maximum atomic E-state index is 9.95. The van der Waals surface area contributed by atoms with Crippen LogP contribution in [0, 0.1) is 5.41 Å². The van der Waals surface area contributed by atoms with Crippen molar-refractivity contribution in [2.24, 2.45) is 5.41 Å². The normalized spacial score (nSPS) is 21.2. The first-order valence-electron chi connectivity index (χ1n) is 6.29. The highest BCUT2D eigenvalue weighted by molar-refractivity contribution is 4.78. The summed E-state index contributed by atoms with van der Waals surface area (Å²) in [5.74, 6) is 0. The molecule has 0 aromatic heterocycles. The fourth-order valence-corrected chi connectivity index (χ4v) is 2.29. The molecule has 1 rings (SSSR count). The number of rotatable bonds is 4. The highest BCUT2D eigenvalue weighted by Gasteiger charge is 2.24. The summed E-state index contributed by atoms with van der Waals surface area (Å²) in [4.78, 5) is 2.43. The van der Waals surface area contributed by atoms with Crippen molar-refractivity contribution in [2.45, 2.75) is 65.0 Å². The van der Waals surface area contributed by atoms with Crippen molar-refractivity contribution >= 4 is 0 Å². The van der Waals surface area contributed by atoms with Crippen molar-refractivity contribution in [1.82, 2.24) is 4.90 Å². The van der Waals surface area contributed by atoms with Crippen molar-refractivity contribution < 1.29 is 5.11 Å². The number of aliphatic hydroxyl groups excluding tert-OH is 1. The molecular weight excluding hydrogens is 186 g/mol. The van der Waals surface area contributed by atoms with E-state index in [4.69, 9.17) is 0 Å². The molecule has 0 aromatic rings. The van der Waals surface area contributed by atoms with E-state index < -0.39 is 0 Å². The maximum absolute atomic E-state index is 9.95. The molecule has 1 saturated carbocycles. The van der Waals surface area contributed by atoms with Gasteiger partial charge < -0.3 is 10.0 Å². The molecule has 1 fully saturated rings. The average Bonchev–Trinajstić information content (AvgIpc) is 2.64. The molecule has 0 aliphatic heterocycles. The van der Waals surface area contributed by atoms with Gasteiger partial charge in [-0.1, -0.05) is 33.6 Å². The minimum atomic E-state index is -0.179. The number of nitrogens with zero attached hydrogens (tertiary/aromatic N) is 1. The summed E-state index contributed by atoms with van der Waals surface area (Å²) in [7, 11) is 2.20. The SMILES string of the molecule is CN(CCC(O)C(C)(C)C)C1CCCC1. The summed E-state index contributed by atoms with van der Waals surface area (Å²) in [6.07, 6.45) is 6.19. The van der Waals surface area contributed by atoms with Gasteiger partial charge in [0, 0.05) is 12.6 Å². The van der Waals surface area contributed by atoms with Crippen LogP contribution in [0.2, 0.25) is 0 Å². The van der Waals surface area contributed by atoms with Crippen LogP contribution in [0.3, 0.4) is 0 Å². The van der Waals surface area contributed by atoms with Gasteiger partial charge in [0.25, 0.3) is 0 Å². The molecule has 2 nitrogen and oxygen atoms in total. The Hall–Kier alpha value is -0.0800. The summed E-state index contributed by atoms with van der Waals surface area (Å²) < 4.78 is 0. The van der Waals surface area contributed by atoms with Crippen molar-refractivity contribution in [3.8, 4) is 0 Å². The smallest absolute Gasteiger partial charge is 0.0600 e. The lowest BCUT2D eigenvalue weighted by Gasteiger charge is -2.30.